The minimum absolute atomic E-state index is 0.642. The highest BCUT2D eigenvalue weighted by molar-refractivity contribution is 5.43. The van der Waals surface area contributed by atoms with Crippen LogP contribution in [-0.2, 0) is 6.54 Å². The number of aromatic nitrogens is 3. The number of benzene rings is 1. The molecule has 0 spiro atoms. The number of anilines is 1. The highest BCUT2D eigenvalue weighted by Gasteiger charge is 1.95. The Labute approximate surface area is 93.9 Å². The molecular weight excluding hydrogens is 204 g/mol. The summed E-state index contributed by atoms with van der Waals surface area (Å²) >= 11 is 0. The fourth-order valence-corrected chi connectivity index (χ4v) is 1.37. The summed E-state index contributed by atoms with van der Waals surface area (Å²) in [7, 11) is 0. The Kier molecular flexibility index (Phi) is 3.38. The first-order valence-corrected chi connectivity index (χ1v) is 5.15. The molecule has 0 atom stereocenters. The number of rotatable bonds is 5. The number of nitrogens with zero attached hydrogens (tertiary/aromatic N) is 3. The van der Waals surface area contributed by atoms with Crippen molar-refractivity contribution in [2.24, 2.45) is 0 Å². The van der Waals surface area contributed by atoms with Crippen LogP contribution in [0.15, 0.2) is 36.9 Å². The second kappa shape index (κ2) is 5.16. The van der Waals surface area contributed by atoms with E-state index in [-0.39, 0.29) is 0 Å². The van der Waals surface area contributed by atoms with Gasteiger partial charge < -0.3 is 10.5 Å². The van der Waals surface area contributed by atoms with Gasteiger partial charge in [0.05, 0.1) is 6.61 Å². The molecule has 0 aliphatic rings. The van der Waals surface area contributed by atoms with Crippen LogP contribution in [0.5, 0.6) is 5.75 Å². The molecule has 5 heteroatoms. The van der Waals surface area contributed by atoms with Crippen LogP contribution in [0.3, 0.4) is 0 Å². The SMILES string of the molecule is Nc1cccc(OCCCn2cncn2)c1. The summed E-state index contributed by atoms with van der Waals surface area (Å²) in [6.07, 6.45) is 4.11. The number of hydrogen-bond acceptors (Lipinski definition) is 4. The van der Waals surface area contributed by atoms with Gasteiger partial charge in [0, 0.05) is 24.7 Å². The predicted octanol–water partition coefficient (Wildman–Crippen LogP) is 1.33. The van der Waals surface area contributed by atoms with Crippen molar-refractivity contribution in [1.29, 1.82) is 0 Å². The van der Waals surface area contributed by atoms with E-state index < -0.39 is 0 Å². The van der Waals surface area contributed by atoms with E-state index in [1.54, 1.807) is 11.0 Å². The number of hydrogen-bond donors (Lipinski definition) is 1. The van der Waals surface area contributed by atoms with Gasteiger partial charge in [-0.1, -0.05) is 6.07 Å². The van der Waals surface area contributed by atoms with Crippen molar-refractivity contribution in [3.8, 4) is 5.75 Å². The lowest BCUT2D eigenvalue weighted by Crippen LogP contribution is -2.04. The smallest absolute Gasteiger partial charge is 0.137 e. The summed E-state index contributed by atoms with van der Waals surface area (Å²) in [5.74, 6) is 0.804. The summed E-state index contributed by atoms with van der Waals surface area (Å²) in [5, 5.41) is 4.00. The molecule has 0 aliphatic heterocycles. The fraction of sp³-hybridized carbons (Fsp3) is 0.273. The Morgan fingerprint density at radius 1 is 1.38 bits per heavy atom. The second-order valence-electron chi connectivity index (χ2n) is 3.43. The van der Waals surface area contributed by atoms with Crippen LogP contribution < -0.4 is 10.5 Å². The number of aryl methyl sites for hydroxylation is 1. The molecule has 0 unspecified atom stereocenters. The van der Waals surface area contributed by atoms with Crippen molar-refractivity contribution < 1.29 is 4.74 Å². The van der Waals surface area contributed by atoms with Gasteiger partial charge in [-0.25, -0.2) is 4.98 Å². The summed E-state index contributed by atoms with van der Waals surface area (Å²) in [6.45, 7) is 1.45. The summed E-state index contributed by atoms with van der Waals surface area (Å²) < 4.78 is 7.32. The molecule has 2 rings (SSSR count). The van der Waals surface area contributed by atoms with Gasteiger partial charge in [0.1, 0.15) is 18.4 Å². The molecule has 0 fully saturated rings. The molecule has 16 heavy (non-hydrogen) atoms. The van der Waals surface area contributed by atoms with E-state index >= 15 is 0 Å². The minimum atomic E-state index is 0.642. The third-order valence-corrected chi connectivity index (χ3v) is 2.12. The van der Waals surface area contributed by atoms with Gasteiger partial charge in [0.25, 0.3) is 0 Å². The minimum Gasteiger partial charge on any atom is -0.493 e. The maximum absolute atomic E-state index is 5.64. The van der Waals surface area contributed by atoms with Crippen molar-refractivity contribution in [2.75, 3.05) is 12.3 Å². The van der Waals surface area contributed by atoms with Crippen LogP contribution in [0.25, 0.3) is 0 Å². The van der Waals surface area contributed by atoms with Gasteiger partial charge in [-0.3, -0.25) is 4.68 Å². The van der Waals surface area contributed by atoms with Crippen molar-refractivity contribution >= 4 is 5.69 Å². The van der Waals surface area contributed by atoms with Gasteiger partial charge in [-0.2, -0.15) is 5.10 Å². The zero-order valence-electron chi connectivity index (χ0n) is 8.91. The van der Waals surface area contributed by atoms with Gasteiger partial charge >= 0.3 is 0 Å². The molecule has 84 valence electrons. The average molecular weight is 218 g/mol. The van der Waals surface area contributed by atoms with Crippen LogP contribution in [0.1, 0.15) is 6.42 Å². The predicted molar refractivity (Wildman–Crippen MR) is 61.0 cm³/mol. The molecule has 1 aromatic heterocycles. The molecule has 0 amide bonds. The molecule has 2 aromatic rings. The standard InChI is InChI=1S/C11H14N4O/c12-10-3-1-4-11(7-10)16-6-2-5-15-9-13-8-14-15/h1,3-4,7-9H,2,5-6,12H2. The van der Waals surface area contributed by atoms with E-state index in [1.165, 1.54) is 6.33 Å². The Bertz CT molecular complexity index is 427. The Balaban J connectivity index is 1.72. The molecule has 0 radical (unpaired) electrons. The lowest BCUT2D eigenvalue weighted by Gasteiger charge is -2.06. The molecule has 0 saturated heterocycles. The molecule has 1 heterocycles. The van der Waals surface area contributed by atoms with Gasteiger partial charge in [0.2, 0.25) is 0 Å². The normalized spacial score (nSPS) is 10.2. The maximum Gasteiger partial charge on any atom is 0.137 e. The second-order valence-corrected chi connectivity index (χ2v) is 3.43. The number of nitrogens with two attached hydrogens (primary N) is 1. The van der Waals surface area contributed by atoms with Crippen molar-refractivity contribution in [3.63, 3.8) is 0 Å². The Hall–Kier alpha value is -2.04. The Morgan fingerprint density at radius 2 is 2.31 bits per heavy atom. The first kappa shape index (κ1) is 10.5. The molecule has 1 aromatic carbocycles. The monoisotopic (exact) mass is 218 g/mol. The van der Waals surface area contributed by atoms with Crippen LogP contribution in [0, 0.1) is 0 Å². The van der Waals surface area contributed by atoms with E-state index in [0.717, 1.165) is 18.7 Å². The maximum atomic E-state index is 5.64. The van der Waals surface area contributed by atoms with E-state index in [9.17, 15) is 0 Å². The fourth-order valence-electron chi connectivity index (χ4n) is 1.37. The van der Waals surface area contributed by atoms with Crippen LogP contribution in [0.2, 0.25) is 0 Å². The van der Waals surface area contributed by atoms with Gasteiger partial charge in [-0.15, -0.1) is 0 Å². The van der Waals surface area contributed by atoms with E-state index in [1.807, 2.05) is 24.3 Å². The van der Waals surface area contributed by atoms with E-state index in [2.05, 4.69) is 10.1 Å². The van der Waals surface area contributed by atoms with Crippen LogP contribution >= 0.6 is 0 Å². The summed E-state index contributed by atoms with van der Waals surface area (Å²) in [4.78, 5) is 3.87. The first-order valence-electron chi connectivity index (χ1n) is 5.15. The largest absolute Gasteiger partial charge is 0.493 e. The highest BCUT2D eigenvalue weighted by Crippen LogP contribution is 2.14. The van der Waals surface area contributed by atoms with Gasteiger partial charge in [-0.05, 0) is 12.1 Å². The molecular formula is C11H14N4O. The van der Waals surface area contributed by atoms with E-state index in [4.69, 9.17) is 10.5 Å². The van der Waals surface area contributed by atoms with Crippen LogP contribution in [-0.4, -0.2) is 21.4 Å². The highest BCUT2D eigenvalue weighted by atomic mass is 16.5. The third-order valence-electron chi connectivity index (χ3n) is 2.12. The molecule has 0 aliphatic carbocycles. The number of nitrogen functional groups attached to an aromatic ring is 1. The molecule has 5 nitrogen and oxygen atoms in total. The van der Waals surface area contributed by atoms with E-state index in [0.29, 0.717) is 12.3 Å². The Morgan fingerprint density at radius 3 is 3.06 bits per heavy atom. The lowest BCUT2D eigenvalue weighted by atomic mass is 10.3. The average Bonchev–Trinajstić information content (AvgIpc) is 2.77. The molecule has 0 bridgehead atoms. The zero-order valence-corrected chi connectivity index (χ0v) is 8.91. The summed E-state index contributed by atoms with van der Waals surface area (Å²) in [6, 6.07) is 7.42. The topological polar surface area (TPSA) is 66.0 Å². The quantitative estimate of drug-likeness (QED) is 0.607. The number of ether oxygens (including phenoxy) is 1. The van der Waals surface area contributed by atoms with Crippen molar-refractivity contribution in [1.82, 2.24) is 14.8 Å². The lowest BCUT2D eigenvalue weighted by molar-refractivity contribution is 0.298. The molecule has 2 N–H and O–H groups in total. The molecule has 0 saturated carbocycles. The van der Waals surface area contributed by atoms with Crippen molar-refractivity contribution in [2.45, 2.75) is 13.0 Å². The summed E-state index contributed by atoms with van der Waals surface area (Å²) in [5.41, 5.74) is 6.35. The van der Waals surface area contributed by atoms with Crippen molar-refractivity contribution in [3.05, 3.63) is 36.9 Å². The van der Waals surface area contributed by atoms with Crippen LogP contribution in [0.4, 0.5) is 5.69 Å². The third kappa shape index (κ3) is 2.98. The zero-order chi connectivity index (χ0) is 11.2. The first-order chi connectivity index (χ1) is 7.84. The van der Waals surface area contributed by atoms with Gasteiger partial charge in [0.15, 0.2) is 0 Å².